The summed E-state index contributed by atoms with van der Waals surface area (Å²) in [7, 11) is 0. The molecule has 0 saturated carbocycles. The minimum Gasteiger partial charge on any atom is -0.345 e. The standard InChI is InChI=1S/C21H21ClN2O2/c22-17-7-8-18-15(12-17)6-9-19(18)23-21(26)16-4-1-3-14(11-16)13-24-10-2-5-20(24)25/h1,3-4,7-8,11-12,19H,2,5-6,9-10,13H2,(H,23,26). The van der Waals surface area contributed by atoms with Gasteiger partial charge in [0.25, 0.3) is 5.91 Å². The van der Waals surface area contributed by atoms with Crippen molar-refractivity contribution in [2.45, 2.75) is 38.3 Å². The van der Waals surface area contributed by atoms with E-state index in [9.17, 15) is 9.59 Å². The summed E-state index contributed by atoms with van der Waals surface area (Å²) in [6.07, 6.45) is 3.37. The van der Waals surface area contributed by atoms with Gasteiger partial charge in [0.1, 0.15) is 0 Å². The van der Waals surface area contributed by atoms with Crippen molar-refractivity contribution in [2.75, 3.05) is 6.54 Å². The van der Waals surface area contributed by atoms with Gasteiger partial charge < -0.3 is 10.2 Å². The molecule has 0 aromatic heterocycles. The summed E-state index contributed by atoms with van der Waals surface area (Å²) in [6.45, 7) is 1.38. The number of aryl methyl sites for hydroxylation is 1. The van der Waals surface area contributed by atoms with Crippen LogP contribution in [-0.2, 0) is 17.8 Å². The lowest BCUT2D eigenvalue weighted by Gasteiger charge is -2.17. The molecule has 134 valence electrons. The van der Waals surface area contributed by atoms with E-state index in [1.54, 1.807) is 0 Å². The number of nitrogens with one attached hydrogen (secondary N) is 1. The highest BCUT2D eigenvalue weighted by atomic mass is 35.5. The van der Waals surface area contributed by atoms with Crippen molar-refractivity contribution in [3.05, 3.63) is 69.7 Å². The van der Waals surface area contributed by atoms with Crippen molar-refractivity contribution in [3.8, 4) is 0 Å². The zero-order valence-corrected chi connectivity index (χ0v) is 15.3. The van der Waals surface area contributed by atoms with Gasteiger partial charge in [0, 0.05) is 30.1 Å². The molecule has 4 rings (SSSR count). The van der Waals surface area contributed by atoms with Gasteiger partial charge in [-0.3, -0.25) is 9.59 Å². The Balaban J connectivity index is 1.46. The summed E-state index contributed by atoms with van der Waals surface area (Å²) >= 11 is 6.05. The second-order valence-corrected chi connectivity index (χ2v) is 7.46. The van der Waals surface area contributed by atoms with Crippen molar-refractivity contribution >= 4 is 23.4 Å². The maximum absolute atomic E-state index is 12.7. The third-order valence-electron chi connectivity index (χ3n) is 5.22. The lowest BCUT2D eigenvalue weighted by Crippen LogP contribution is -2.27. The molecular weight excluding hydrogens is 348 g/mol. The van der Waals surface area contributed by atoms with E-state index in [4.69, 9.17) is 11.6 Å². The summed E-state index contributed by atoms with van der Waals surface area (Å²) < 4.78 is 0. The van der Waals surface area contributed by atoms with E-state index >= 15 is 0 Å². The lowest BCUT2D eigenvalue weighted by molar-refractivity contribution is -0.128. The third-order valence-corrected chi connectivity index (χ3v) is 5.46. The Labute approximate surface area is 158 Å². The van der Waals surface area contributed by atoms with Crippen LogP contribution in [0.5, 0.6) is 0 Å². The molecule has 2 aromatic carbocycles. The number of carbonyl (C=O) groups is 2. The first kappa shape index (κ1) is 17.1. The second kappa shape index (κ2) is 7.12. The molecule has 2 aliphatic rings. The van der Waals surface area contributed by atoms with E-state index in [-0.39, 0.29) is 17.9 Å². The first-order valence-corrected chi connectivity index (χ1v) is 9.44. The Hall–Kier alpha value is -2.33. The first-order chi connectivity index (χ1) is 12.6. The number of hydrogen-bond donors (Lipinski definition) is 1. The van der Waals surface area contributed by atoms with Gasteiger partial charge in [-0.25, -0.2) is 0 Å². The van der Waals surface area contributed by atoms with Crippen LogP contribution in [0.2, 0.25) is 5.02 Å². The van der Waals surface area contributed by atoms with Crippen LogP contribution in [0.1, 0.15) is 52.4 Å². The van der Waals surface area contributed by atoms with Crippen LogP contribution in [0, 0.1) is 0 Å². The molecule has 1 unspecified atom stereocenters. The molecule has 0 radical (unpaired) electrons. The van der Waals surface area contributed by atoms with Gasteiger partial charge in [-0.2, -0.15) is 0 Å². The fourth-order valence-electron chi connectivity index (χ4n) is 3.88. The first-order valence-electron chi connectivity index (χ1n) is 9.06. The number of halogens is 1. The lowest BCUT2D eigenvalue weighted by atomic mass is 10.1. The van der Waals surface area contributed by atoms with Crippen molar-refractivity contribution < 1.29 is 9.59 Å². The van der Waals surface area contributed by atoms with Crippen molar-refractivity contribution in [1.82, 2.24) is 10.2 Å². The number of carbonyl (C=O) groups excluding carboxylic acids is 2. The molecule has 1 saturated heterocycles. The van der Waals surface area contributed by atoms with Crippen molar-refractivity contribution in [3.63, 3.8) is 0 Å². The smallest absolute Gasteiger partial charge is 0.251 e. The molecule has 0 bridgehead atoms. The topological polar surface area (TPSA) is 49.4 Å². The van der Waals surface area contributed by atoms with E-state index in [2.05, 4.69) is 5.32 Å². The van der Waals surface area contributed by atoms with Gasteiger partial charge in [0.15, 0.2) is 0 Å². The second-order valence-electron chi connectivity index (χ2n) is 7.03. The molecule has 1 atom stereocenters. The fourth-order valence-corrected chi connectivity index (χ4v) is 4.07. The summed E-state index contributed by atoms with van der Waals surface area (Å²) in [5.41, 5.74) is 3.99. The van der Waals surface area contributed by atoms with Gasteiger partial charge >= 0.3 is 0 Å². The van der Waals surface area contributed by atoms with E-state index in [1.165, 1.54) is 5.56 Å². The van der Waals surface area contributed by atoms with E-state index < -0.39 is 0 Å². The minimum absolute atomic E-state index is 0.0265. The van der Waals surface area contributed by atoms with Gasteiger partial charge in [0.05, 0.1) is 6.04 Å². The number of likely N-dealkylation sites (tertiary alicyclic amines) is 1. The highest BCUT2D eigenvalue weighted by molar-refractivity contribution is 6.30. The van der Waals surface area contributed by atoms with Crippen molar-refractivity contribution in [2.24, 2.45) is 0 Å². The molecule has 26 heavy (non-hydrogen) atoms. The molecule has 1 aliphatic heterocycles. The fraction of sp³-hybridized carbons (Fsp3) is 0.333. The third kappa shape index (κ3) is 3.47. The van der Waals surface area contributed by atoms with Crippen LogP contribution in [0.4, 0.5) is 0 Å². The maximum Gasteiger partial charge on any atom is 0.251 e. The molecule has 4 nitrogen and oxygen atoms in total. The van der Waals surface area contributed by atoms with E-state index in [0.717, 1.165) is 42.0 Å². The zero-order valence-electron chi connectivity index (χ0n) is 14.5. The SMILES string of the molecule is O=C(NC1CCc2cc(Cl)ccc21)c1cccc(CN2CCCC2=O)c1. The summed E-state index contributed by atoms with van der Waals surface area (Å²) in [6, 6.07) is 13.4. The molecule has 1 aliphatic carbocycles. The zero-order chi connectivity index (χ0) is 18.1. The Morgan fingerprint density at radius 3 is 2.88 bits per heavy atom. The predicted octanol–water partition coefficient (Wildman–Crippen LogP) is 3.88. The molecular formula is C21H21ClN2O2. The molecule has 1 N–H and O–H groups in total. The van der Waals surface area contributed by atoms with Gasteiger partial charge in [-0.15, -0.1) is 0 Å². The van der Waals surface area contributed by atoms with E-state index in [1.807, 2.05) is 47.4 Å². The Bertz CT molecular complexity index is 865. The Morgan fingerprint density at radius 1 is 1.19 bits per heavy atom. The number of rotatable bonds is 4. The van der Waals surface area contributed by atoms with Crippen LogP contribution < -0.4 is 5.32 Å². The summed E-state index contributed by atoms with van der Waals surface area (Å²) in [5, 5.41) is 3.87. The predicted molar refractivity (Wildman–Crippen MR) is 101 cm³/mol. The Morgan fingerprint density at radius 2 is 2.08 bits per heavy atom. The number of amides is 2. The van der Waals surface area contributed by atoms with Crippen LogP contribution >= 0.6 is 11.6 Å². The van der Waals surface area contributed by atoms with Crippen LogP contribution in [0.25, 0.3) is 0 Å². The molecule has 2 aromatic rings. The number of hydrogen-bond acceptors (Lipinski definition) is 2. The van der Waals surface area contributed by atoms with Crippen LogP contribution in [0.15, 0.2) is 42.5 Å². The normalized spacial score (nSPS) is 18.9. The van der Waals surface area contributed by atoms with Crippen molar-refractivity contribution in [1.29, 1.82) is 0 Å². The average molecular weight is 369 g/mol. The average Bonchev–Trinajstić information content (AvgIpc) is 3.21. The summed E-state index contributed by atoms with van der Waals surface area (Å²) in [5.74, 6) is 0.119. The van der Waals surface area contributed by atoms with Gasteiger partial charge in [-0.1, -0.05) is 29.8 Å². The maximum atomic E-state index is 12.7. The number of fused-ring (bicyclic) bond motifs is 1. The molecule has 5 heteroatoms. The minimum atomic E-state index is -0.0765. The van der Waals surface area contributed by atoms with Crippen LogP contribution in [-0.4, -0.2) is 23.3 Å². The molecule has 0 spiro atoms. The van der Waals surface area contributed by atoms with Gasteiger partial charge in [-0.05, 0) is 60.2 Å². The monoisotopic (exact) mass is 368 g/mol. The number of benzene rings is 2. The molecule has 2 amide bonds. The molecule has 1 heterocycles. The quantitative estimate of drug-likeness (QED) is 0.890. The highest BCUT2D eigenvalue weighted by Crippen LogP contribution is 2.33. The highest BCUT2D eigenvalue weighted by Gasteiger charge is 2.25. The Kier molecular flexibility index (Phi) is 4.68. The number of nitrogens with zero attached hydrogens (tertiary/aromatic N) is 1. The van der Waals surface area contributed by atoms with Crippen LogP contribution in [0.3, 0.4) is 0 Å². The van der Waals surface area contributed by atoms with Gasteiger partial charge in [0.2, 0.25) is 5.91 Å². The largest absolute Gasteiger partial charge is 0.345 e. The molecule has 1 fully saturated rings. The summed E-state index contributed by atoms with van der Waals surface area (Å²) in [4.78, 5) is 26.4. The van der Waals surface area contributed by atoms with E-state index in [0.29, 0.717) is 18.5 Å².